The van der Waals surface area contributed by atoms with Gasteiger partial charge in [0.1, 0.15) is 5.01 Å². The van der Waals surface area contributed by atoms with Crippen LogP contribution in [0.5, 0.6) is 0 Å². The lowest BCUT2D eigenvalue weighted by molar-refractivity contribution is -0.134. The van der Waals surface area contributed by atoms with E-state index in [0.717, 1.165) is 37.4 Å². The van der Waals surface area contributed by atoms with E-state index >= 15 is 0 Å². The third-order valence-electron chi connectivity index (χ3n) is 3.65. The second-order valence-electron chi connectivity index (χ2n) is 5.11. The number of thiazole rings is 1. The number of nitrogens with one attached hydrogen (secondary N) is 1. The Hall–Kier alpha value is -0.940. The van der Waals surface area contributed by atoms with Crippen LogP contribution in [0.2, 0.25) is 0 Å². The first-order valence-electron chi connectivity index (χ1n) is 7.16. The van der Waals surface area contributed by atoms with Gasteiger partial charge in [-0.05, 0) is 32.6 Å². The highest BCUT2D eigenvalue weighted by Gasteiger charge is 2.24. The molecule has 1 fully saturated rings. The van der Waals surface area contributed by atoms with E-state index in [1.165, 1.54) is 6.42 Å². The lowest BCUT2D eigenvalue weighted by Gasteiger charge is -2.30. The number of carbonyl (C=O) groups is 1. The Kier molecular flexibility index (Phi) is 5.34. The van der Waals surface area contributed by atoms with Crippen molar-refractivity contribution in [2.24, 2.45) is 0 Å². The molecule has 2 rings (SSSR count). The standard InChI is InChI=1S/C14H23N3OS/c1-3-12(13-15-7-10-19-13)16-11(2)14(18)17-8-5-4-6-9-17/h7,10-12,16H,3-6,8-9H2,1-2H3. The number of nitrogens with zero attached hydrogens (tertiary/aromatic N) is 2. The Morgan fingerprint density at radius 3 is 2.79 bits per heavy atom. The molecule has 0 spiro atoms. The summed E-state index contributed by atoms with van der Waals surface area (Å²) in [6, 6.07) is 0.0516. The second-order valence-corrected chi connectivity index (χ2v) is 6.03. The average Bonchev–Trinajstić information content (AvgIpc) is 2.98. The van der Waals surface area contributed by atoms with Gasteiger partial charge in [-0.15, -0.1) is 11.3 Å². The Morgan fingerprint density at radius 2 is 2.21 bits per heavy atom. The lowest BCUT2D eigenvalue weighted by Crippen LogP contribution is -2.47. The molecule has 5 heteroatoms. The fourth-order valence-corrected chi connectivity index (χ4v) is 3.31. The molecule has 1 aliphatic heterocycles. The van der Waals surface area contributed by atoms with Crippen molar-refractivity contribution in [1.82, 2.24) is 15.2 Å². The van der Waals surface area contributed by atoms with Crippen molar-refractivity contribution in [3.05, 3.63) is 16.6 Å². The summed E-state index contributed by atoms with van der Waals surface area (Å²) in [6.07, 6.45) is 6.30. The van der Waals surface area contributed by atoms with E-state index in [1.807, 2.05) is 23.4 Å². The Bertz CT molecular complexity index is 387. The maximum atomic E-state index is 12.4. The minimum absolute atomic E-state index is 0.132. The zero-order valence-electron chi connectivity index (χ0n) is 11.8. The van der Waals surface area contributed by atoms with Crippen LogP contribution in [0.25, 0.3) is 0 Å². The maximum absolute atomic E-state index is 12.4. The van der Waals surface area contributed by atoms with Crippen molar-refractivity contribution < 1.29 is 4.79 Å². The van der Waals surface area contributed by atoms with Crippen LogP contribution in [0, 0.1) is 0 Å². The van der Waals surface area contributed by atoms with Gasteiger partial charge in [-0.1, -0.05) is 6.92 Å². The fraction of sp³-hybridized carbons (Fsp3) is 0.714. The highest BCUT2D eigenvalue weighted by atomic mass is 32.1. The van der Waals surface area contributed by atoms with Crippen LogP contribution in [0.1, 0.15) is 50.6 Å². The number of rotatable bonds is 5. The number of hydrogen-bond acceptors (Lipinski definition) is 4. The molecule has 1 aromatic heterocycles. The molecule has 1 saturated heterocycles. The van der Waals surface area contributed by atoms with Crippen LogP contribution in [0.15, 0.2) is 11.6 Å². The van der Waals surface area contributed by atoms with Crippen LogP contribution in [0.4, 0.5) is 0 Å². The minimum atomic E-state index is -0.132. The third kappa shape index (κ3) is 3.76. The Labute approximate surface area is 119 Å². The molecule has 2 heterocycles. The summed E-state index contributed by atoms with van der Waals surface area (Å²) < 4.78 is 0. The number of amides is 1. The molecule has 1 aliphatic rings. The van der Waals surface area contributed by atoms with Crippen LogP contribution < -0.4 is 5.32 Å². The maximum Gasteiger partial charge on any atom is 0.239 e. The van der Waals surface area contributed by atoms with E-state index < -0.39 is 0 Å². The van der Waals surface area contributed by atoms with Gasteiger partial charge in [-0.25, -0.2) is 4.98 Å². The minimum Gasteiger partial charge on any atom is -0.341 e. The predicted molar refractivity (Wildman–Crippen MR) is 78.2 cm³/mol. The fourth-order valence-electron chi connectivity index (χ4n) is 2.53. The zero-order valence-corrected chi connectivity index (χ0v) is 12.6. The van der Waals surface area contributed by atoms with E-state index in [-0.39, 0.29) is 18.0 Å². The van der Waals surface area contributed by atoms with Gasteiger partial charge in [0.25, 0.3) is 0 Å². The molecule has 1 N–H and O–H groups in total. The molecule has 4 nitrogen and oxygen atoms in total. The summed E-state index contributed by atoms with van der Waals surface area (Å²) >= 11 is 1.65. The van der Waals surface area contributed by atoms with Gasteiger partial charge in [-0.3, -0.25) is 10.1 Å². The Balaban J connectivity index is 1.91. The summed E-state index contributed by atoms with van der Waals surface area (Å²) in [5, 5.41) is 6.48. The Morgan fingerprint density at radius 1 is 1.47 bits per heavy atom. The molecule has 0 saturated carbocycles. The van der Waals surface area contributed by atoms with Gasteiger partial charge >= 0.3 is 0 Å². The molecule has 106 valence electrons. The van der Waals surface area contributed by atoms with Gasteiger partial charge < -0.3 is 4.90 Å². The average molecular weight is 281 g/mol. The predicted octanol–water partition coefficient (Wildman–Crippen LogP) is 2.58. The van der Waals surface area contributed by atoms with Crippen LogP contribution in [-0.4, -0.2) is 34.9 Å². The van der Waals surface area contributed by atoms with E-state index in [1.54, 1.807) is 11.3 Å². The topological polar surface area (TPSA) is 45.2 Å². The summed E-state index contributed by atoms with van der Waals surface area (Å²) in [5.74, 6) is 0.231. The van der Waals surface area contributed by atoms with Gasteiger partial charge in [-0.2, -0.15) is 0 Å². The van der Waals surface area contributed by atoms with Crippen molar-refractivity contribution in [3.8, 4) is 0 Å². The summed E-state index contributed by atoms with van der Waals surface area (Å²) in [7, 11) is 0. The van der Waals surface area contributed by atoms with E-state index in [9.17, 15) is 4.79 Å². The van der Waals surface area contributed by atoms with Gasteiger partial charge in [0.15, 0.2) is 0 Å². The molecule has 1 aromatic rings. The SMILES string of the molecule is CCC(NC(C)C(=O)N1CCCCC1)c1nccs1. The lowest BCUT2D eigenvalue weighted by atomic mass is 10.1. The summed E-state index contributed by atoms with van der Waals surface area (Å²) in [5.41, 5.74) is 0. The largest absolute Gasteiger partial charge is 0.341 e. The monoisotopic (exact) mass is 281 g/mol. The molecular weight excluding hydrogens is 258 g/mol. The van der Waals surface area contributed by atoms with E-state index in [2.05, 4.69) is 17.2 Å². The molecular formula is C14H23N3OS. The normalized spacial score (nSPS) is 19.2. The molecule has 1 amide bonds. The number of piperidine rings is 1. The highest BCUT2D eigenvalue weighted by molar-refractivity contribution is 7.09. The smallest absolute Gasteiger partial charge is 0.239 e. The third-order valence-corrected chi connectivity index (χ3v) is 4.54. The van der Waals surface area contributed by atoms with Crippen molar-refractivity contribution >= 4 is 17.2 Å². The summed E-state index contributed by atoms with van der Waals surface area (Å²) in [6.45, 7) is 5.92. The molecule has 2 unspecified atom stereocenters. The number of hydrogen-bond donors (Lipinski definition) is 1. The molecule has 0 aliphatic carbocycles. The molecule has 0 aromatic carbocycles. The number of likely N-dealkylation sites (tertiary alicyclic amines) is 1. The number of carbonyl (C=O) groups excluding carboxylic acids is 1. The van der Waals surface area contributed by atoms with E-state index in [0.29, 0.717) is 0 Å². The number of aromatic nitrogens is 1. The second kappa shape index (κ2) is 7.01. The van der Waals surface area contributed by atoms with Gasteiger partial charge in [0.05, 0.1) is 12.1 Å². The first kappa shape index (κ1) is 14.5. The molecule has 0 radical (unpaired) electrons. The van der Waals surface area contributed by atoms with Gasteiger partial charge in [0, 0.05) is 24.7 Å². The first-order chi connectivity index (χ1) is 9.22. The van der Waals surface area contributed by atoms with Crippen molar-refractivity contribution in [3.63, 3.8) is 0 Å². The molecule has 2 atom stereocenters. The summed E-state index contributed by atoms with van der Waals surface area (Å²) in [4.78, 5) is 18.7. The van der Waals surface area contributed by atoms with Gasteiger partial charge in [0.2, 0.25) is 5.91 Å². The zero-order chi connectivity index (χ0) is 13.7. The van der Waals surface area contributed by atoms with E-state index in [4.69, 9.17) is 0 Å². The molecule has 0 bridgehead atoms. The van der Waals surface area contributed by atoms with Crippen LogP contribution in [-0.2, 0) is 4.79 Å². The molecule has 19 heavy (non-hydrogen) atoms. The van der Waals surface area contributed by atoms with Crippen molar-refractivity contribution in [2.45, 2.75) is 51.6 Å². The quantitative estimate of drug-likeness (QED) is 0.902. The van der Waals surface area contributed by atoms with Crippen molar-refractivity contribution in [1.29, 1.82) is 0 Å². The van der Waals surface area contributed by atoms with Crippen LogP contribution >= 0.6 is 11.3 Å². The van der Waals surface area contributed by atoms with Crippen LogP contribution in [0.3, 0.4) is 0 Å². The first-order valence-corrected chi connectivity index (χ1v) is 8.04. The van der Waals surface area contributed by atoms with Crippen molar-refractivity contribution in [2.75, 3.05) is 13.1 Å². The highest BCUT2D eigenvalue weighted by Crippen LogP contribution is 2.20.